The van der Waals surface area contributed by atoms with Crippen LogP contribution in [-0.2, 0) is 7.05 Å². The molecular weight excluding hydrogens is 258 g/mol. The van der Waals surface area contributed by atoms with Crippen molar-refractivity contribution in [1.29, 1.82) is 0 Å². The molecule has 2 aromatic rings. The molecule has 0 bridgehead atoms. The molecule has 0 fully saturated rings. The Morgan fingerprint density at radius 3 is 2.65 bits per heavy atom. The van der Waals surface area contributed by atoms with E-state index in [-0.39, 0.29) is 11.5 Å². The van der Waals surface area contributed by atoms with E-state index in [0.717, 1.165) is 0 Å². The van der Waals surface area contributed by atoms with Crippen LogP contribution in [0, 0.1) is 0 Å². The Morgan fingerprint density at radius 1 is 1.30 bits per heavy atom. The van der Waals surface area contributed by atoms with Gasteiger partial charge in [0.25, 0.3) is 5.91 Å². The third-order valence-electron chi connectivity index (χ3n) is 2.84. The van der Waals surface area contributed by atoms with Crippen LogP contribution < -0.4 is 21.3 Å². The minimum atomic E-state index is -0.307. The molecule has 104 valence electrons. The summed E-state index contributed by atoms with van der Waals surface area (Å²) in [6.45, 7) is 0. The number of rotatable bonds is 3. The molecule has 0 aliphatic carbocycles. The van der Waals surface area contributed by atoms with Gasteiger partial charge in [0.05, 0.1) is 18.5 Å². The maximum atomic E-state index is 12.1. The van der Waals surface area contributed by atoms with Crippen molar-refractivity contribution < 1.29 is 9.53 Å². The molecule has 0 aliphatic heterocycles. The zero-order valence-corrected chi connectivity index (χ0v) is 11.2. The average Bonchev–Trinajstić information content (AvgIpc) is 2.42. The molecule has 1 amide bonds. The van der Waals surface area contributed by atoms with Crippen molar-refractivity contribution >= 4 is 17.3 Å². The third kappa shape index (κ3) is 2.80. The first kappa shape index (κ1) is 13.7. The van der Waals surface area contributed by atoms with Crippen LogP contribution in [0.15, 0.2) is 41.3 Å². The Hall–Kier alpha value is -2.76. The summed E-state index contributed by atoms with van der Waals surface area (Å²) in [4.78, 5) is 23.3. The summed E-state index contributed by atoms with van der Waals surface area (Å²) >= 11 is 0. The summed E-state index contributed by atoms with van der Waals surface area (Å²) < 4.78 is 6.42. The highest BCUT2D eigenvalue weighted by Gasteiger charge is 2.09. The van der Waals surface area contributed by atoms with Gasteiger partial charge in [0, 0.05) is 24.9 Å². The van der Waals surface area contributed by atoms with E-state index in [4.69, 9.17) is 10.5 Å². The van der Waals surface area contributed by atoms with Crippen LogP contribution in [0.5, 0.6) is 5.75 Å². The van der Waals surface area contributed by atoms with Gasteiger partial charge in [-0.05, 0) is 24.3 Å². The smallest absolute Gasteiger partial charge is 0.255 e. The lowest BCUT2D eigenvalue weighted by Crippen LogP contribution is -2.18. The van der Waals surface area contributed by atoms with Gasteiger partial charge < -0.3 is 20.4 Å². The number of nitrogen functional groups attached to an aromatic ring is 1. The SMILES string of the molecule is COc1ccc(C(=O)Nc2ccc(=O)n(C)c2)cc1N. The quantitative estimate of drug-likeness (QED) is 0.823. The molecule has 0 saturated heterocycles. The van der Waals surface area contributed by atoms with Crippen molar-refractivity contribution in [3.05, 3.63) is 52.4 Å². The van der Waals surface area contributed by atoms with Crippen molar-refractivity contribution in [1.82, 2.24) is 4.57 Å². The number of pyridine rings is 1. The lowest BCUT2D eigenvalue weighted by Gasteiger charge is -2.09. The molecule has 20 heavy (non-hydrogen) atoms. The van der Waals surface area contributed by atoms with E-state index in [9.17, 15) is 9.59 Å². The molecule has 0 unspecified atom stereocenters. The molecule has 6 heteroatoms. The molecule has 0 radical (unpaired) electrons. The lowest BCUT2D eigenvalue weighted by molar-refractivity contribution is 0.102. The zero-order chi connectivity index (χ0) is 14.7. The van der Waals surface area contributed by atoms with Crippen molar-refractivity contribution in [2.24, 2.45) is 7.05 Å². The normalized spacial score (nSPS) is 10.1. The molecule has 6 nitrogen and oxygen atoms in total. The largest absolute Gasteiger partial charge is 0.495 e. The molecule has 3 N–H and O–H groups in total. The number of nitrogens with one attached hydrogen (secondary N) is 1. The van der Waals surface area contributed by atoms with Crippen LogP contribution in [0.1, 0.15) is 10.4 Å². The summed E-state index contributed by atoms with van der Waals surface area (Å²) in [6.07, 6.45) is 1.55. The van der Waals surface area contributed by atoms with E-state index < -0.39 is 0 Å². The highest BCUT2D eigenvalue weighted by Crippen LogP contribution is 2.22. The number of aryl methyl sites for hydroxylation is 1. The minimum Gasteiger partial charge on any atom is -0.495 e. The lowest BCUT2D eigenvalue weighted by atomic mass is 10.1. The summed E-state index contributed by atoms with van der Waals surface area (Å²) in [5, 5.41) is 2.70. The van der Waals surface area contributed by atoms with Crippen molar-refractivity contribution in [3.8, 4) is 5.75 Å². The number of benzene rings is 1. The van der Waals surface area contributed by atoms with Gasteiger partial charge in [0.15, 0.2) is 0 Å². The molecule has 0 spiro atoms. The van der Waals surface area contributed by atoms with Crippen molar-refractivity contribution in [3.63, 3.8) is 0 Å². The topological polar surface area (TPSA) is 86.3 Å². The van der Waals surface area contributed by atoms with Gasteiger partial charge in [-0.3, -0.25) is 9.59 Å². The van der Waals surface area contributed by atoms with Gasteiger partial charge in [-0.25, -0.2) is 0 Å². The minimum absolute atomic E-state index is 0.142. The highest BCUT2D eigenvalue weighted by atomic mass is 16.5. The van der Waals surface area contributed by atoms with E-state index in [1.807, 2.05) is 0 Å². The average molecular weight is 273 g/mol. The fraction of sp³-hybridized carbons (Fsp3) is 0.143. The first-order valence-electron chi connectivity index (χ1n) is 5.93. The molecular formula is C14H15N3O3. The van der Waals surface area contributed by atoms with Crippen LogP contribution >= 0.6 is 0 Å². The second kappa shape index (κ2) is 5.48. The predicted molar refractivity (Wildman–Crippen MR) is 77.0 cm³/mol. The number of carbonyl (C=O) groups is 1. The second-order valence-electron chi connectivity index (χ2n) is 4.28. The van der Waals surface area contributed by atoms with Crippen LogP contribution in [-0.4, -0.2) is 17.6 Å². The Bertz CT molecular complexity index is 707. The summed E-state index contributed by atoms with van der Waals surface area (Å²) in [7, 11) is 3.12. The van der Waals surface area contributed by atoms with Crippen LogP contribution in [0.3, 0.4) is 0 Å². The maximum absolute atomic E-state index is 12.1. The summed E-state index contributed by atoms with van der Waals surface area (Å²) in [5.74, 6) is 0.210. The molecule has 0 aliphatic rings. The van der Waals surface area contributed by atoms with E-state index >= 15 is 0 Å². The number of methoxy groups -OCH3 is 1. The predicted octanol–water partition coefficient (Wildman–Crippen LogP) is 1.23. The molecule has 2 rings (SSSR count). The van der Waals surface area contributed by atoms with Crippen molar-refractivity contribution in [2.75, 3.05) is 18.2 Å². The van der Waals surface area contributed by atoms with E-state index in [1.165, 1.54) is 23.8 Å². The van der Waals surface area contributed by atoms with Crippen LogP contribution in [0.2, 0.25) is 0 Å². The Kier molecular flexibility index (Phi) is 3.74. The van der Waals surface area contributed by atoms with Crippen molar-refractivity contribution in [2.45, 2.75) is 0 Å². The van der Waals surface area contributed by atoms with Gasteiger partial charge in [-0.2, -0.15) is 0 Å². The number of aromatic nitrogens is 1. The first-order chi connectivity index (χ1) is 9.51. The standard InChI is InChI=1S/C14H15N3O3/c1-17-8-10(4-6-13(17)18)16-14(19)9-3-5-12(20-2)11(15)7-9/h3-8H,15H2,1-2H3,(H,16,19). The number of nitrogens with zero attached hydrogens (tertiary/aromatic N) is 1. The Morgan fingerprint density at radius 2 is 2.05 bits per heavy atom. The summed E-state index contributed by atoms with van der Waals surface area (Å²) in [6, 6.07) is 7.72. The molecule has 1 aromatic carbocycles. The number of hydrogen-bond acceptors (Lipinski definition) is 4. The molecule has 0 atom stereocenters. The van der Waals surface area contributed by atoms with E-state index in [0.29, 0.717) is 22.7 Å². The van der Waals surface area contributed by atoms with E-state index in [1.54, 1.807) is 31.4 Å². The Balaban J connectivity index is 2.21. The molecule has 0 saturated carbocycles. The van der Waals surface area contributed by atoms with Gasteiger partial charge in [-0.1, -0.05) is 0 Å². The summed E-state index contributed by atoms with van der Waals surface area (Å²) in [5.41, 5.74) is 6.95. The zero-order valence-electron chi connectivity index (χ0n) is 11.2. The maximum Gasteiger partial charge on any atom is 0.255 e. The van der Waals surface area contributed by atoms with Crippen LogP contribution in [0.25, 0.3) is 0 Å². The highest BCUT2D eigenvalue weighted by molar-refractivity contribution is 6.04. The first-order valence-corrected chi connectivity index (χ1v) is 5.93. The third-order valence-corrected chi connectivity index (χ3v) is 2.84. The number of nitrogens with two attached hydrogens (primary N) is 1. The fourth-order valence-corrected chi connectivity index (χ4v) is 1.75. The van der Waals surface area contributed by atoms with Gasteiger partial charge in [0.1, 0.15) is 5.75 Å². The Labute approximate surface area is 115 Å². The number of amides is 1. The van der Waals surface area contributed by atoms with Gasteiger partial charge >= 0.3 is 0 Å². The molecule has 1 heterocycles. The number of anilines is 2. The van der Waals surface area contributed by atoms with Crippen LogP contribution in [0.4, 0.5) is 11.4 Å². The van der Waals surface area contributed by atoms with E-state index in [2.05, 4.69) is 5.32 Å². The van der Waals surface area contributed by atoms with Gasteiger partial charge in [-0.15, -0.1) is 0 Å². The number of carbonyl (C=O) groups excluding carboxylic acids is 1. The number of hydrogen-bond donors (Lipinski definition) is 2. The fourth-order valence-electron chi connectivity index (χ4n) is 1.75. The monoisotopic (exact) mass is 273 g/mol. The molecule has 1 aromatic heterocycles. The van der Waals surface area contributed by atoms with Gasteiger partial charge in [0.2, 0.25) is 5.56 Å². The second-order valence-corrected chi connectivity index (χ2v) is 4.28. The number of ether oxygens (including phenoxy) is 1.